The lowest BCUT2D eigenvalue weighted by atomic mass is 10.1. The Morgan fingerprint density at radius 1 is 1.00 bits per heavy atom. The summed E-state index contributed by atoms with van der Waals surface area (Å²) in [6, 6.07) is 15.1. The van der Waals surface area contributed by atoms with Crippen molar-refractivity contribution in [1.82, 2.24) is 0 Å². The van der Waals surface area contributed by atoms with Crippen LogP contribution in [0.25, 0.3) is 0 Å². The van der Waals surface area contributed by atoms with E-state index in [9.17, 15) is 8.42 Å². The predicted molar refractivity (Wildman–Crippen MR) is 74.6 cm³/mol. The molecular weight excluding hydrogens is 260 g/mol. The van der Waals surface area contributed by atoms with Crippen LogP contribution < -0.4 is 4.18 Å². The van der Waals surface area contributed by atoms with Crippen LogP contribution in [0.5, 0.6) is 5.75 Å². The summed E-state index contributed by atoms with van der Waals surface area (Å²) >= 11 is 0. The van der Waals surface area contributed by atoms with Crippen molar-refractivity contribution in [2.45, 2.75) is 11.3 Å². The molecule has 2 aromatic carbocycles. The van der Waals surface area contributed by atoms with E-state index in [1.807, 2.05) is 12.1 Å². The SMILES string of the molecule is C=CCc1ccccc1OS(=O)(=O)c1ccccc1. The van der Waals surface area contributed by atoms with Gasteiger partial charge in [0.15, 0.2) is 0 Å². The first-order valence-corrected chi connectivity index (χ1v) is 7.22. The lowest BCUT2D eigenvalue weighted by molar-refractivity contribution is 0.483. The van der Waals surface area contributed by atoms with E-state index in [2.05, 4.69) is 6.58 Å². The van der Waals surface area contributed by atoms with Gasteiger partial charge in [0.25, 0.3) is 0 Å². The minimum Gasteiger partial charge on any atom is -0.379 e. The molecule has 3 nitrogen and oxygen atoms in total. The van der Waals surface area contributed by atoms with Crippen LogP contribution in [0.4, 0.5) is 0 Å². The van der Waals surface area contributed by atoms with Crippen molar-refractivity contribution < 1.29 is 12.6 Å². The minimum absolute atomic E-state index is 0.142. The lowest BCUT2D eigenvalue weighted by Gasteiger charge is -2.10. The first-order chi connectivity index (χ1) is 9.13. The highest BCUT2D eigenvalue weighted by molar-refractivity contribution is 7.87. The van der Waals surface area contributed by atoms with Crippen molar-refractivity contribution in [3.63, 3.8) is 0 Å². The average Bonchev–Trinajstić information content (AvgIpc) is 2.42. The number of benzene rings is 2. The van der Waals surface area contributed by atoms with Crippen LogP contribution in [-0.4, -0.2) is 8.42 Å². The standard InChI is InChI=1S/C15H14O3S/c1-2-8-13-9-6-7-12-15(13)18-19(16,17)14-10-4-3-5-11-14/h2-7,9-12H,1,8H2. The maximum atomic E-state index is 12.1. The van der Waals surface area contributed by atoms with Crippen molar-refractivity contribution in [2.75, 3.05) is 0 Å². The molecule has 0 amide bonds. The highest BCUT2D eigenvalue weighted by Gasteiger charge is 2.17. The van der Waals surface area contributed by atoms with Gasteiger partial charge in [-0.3, -0.25) is 0 Å². The van der Waals surface area contributed by atoms with E-state index in [1.165, 1.54) is 12.1 Å². The van der Waals surface area contributed by atoms with Crippen molar-refractivity contribution in [3.8, 4) is 5.75 Å². The third-order valence-electron chi connectivity index (χ3n) is 2.57. The molecule has 2 rings (SSSR count). The highest BCUT2D eigenvalue weighted by Crippen LogP contribution is 2.23. The van der Waals surface area contributed by atoms with E-state index < -0.39 is 10.1 Å². The second-order valence-electron chi connectivity index (χ2n) is 3.95. The van der Waals surface area contributed by atoms with E-state index in [-0.39, 0.29) is 4.90 Å². The van der Waals surface area contributed by atoms with Gasteiger partial charge >= 0.3 is 10.1 Å². The molecule has 4 heteroatoms. The first kappa shape index (κ1) is 13.4. The molecule has 98 valence electrons. The zero-order valence-corrected chi connectivity index (χ0v) is 11.1. The summed E-state index contributed by atoms with van der Waals surface area (Å²) in [5.41, 5.74) is 0.789. The van der Waals surface area contributed by atoms with Gasteiger partial charge in [0.2, 0.25) is 0 Å². The fourth-order valence-electron chi connectivity index (χ4n) is 1.66. The van der Waals surface area contributed by atoms with Crippen LogP contribution in [0.1, 0.15) is 5.56 Å². The fourth-order valence-corrected chi connectivity index (χ4v) is 2.65. The Labute approximate surface area is 113 Å². The summed E-state index contributed by atoms with van der Waals surface area (Å²) in [5.74, 6) is 0.339. The molecule has 0 heterocycles. The Balaban J connectivity index is 2.33. The van der Waals surface area contributed by atoms with Gasteiger partial charge in [-0.15, -0.1) is 6.58 Å². The molecule has 0 radical (unpaired) electrons. The normalized spacial score (nSPS) is 10.9. The zero-order valence-electron chi connectivity index (χ0n) is 10.3. The van der Waals surface area contributed by atoms with E-state index in [1.54, 1.807) is 36.4 Å². The van der Waals surface area contributed by atoms with Gasteiger partial charge in [-0.2, -0.15) is 8.42 Å². The Bertz CT molecular complexity index is 661. The molecule has 0 N–H and O–H groups in total. The number of hydrogen-bond donors (Lipinski definition) is 0. The molecule has 0 saturated carbocycles. The monoisotopic (exact) mass is 274 g/mol. The van der Waals surface area contributed by atoms with Crippen LogP contribution in [0.3, 0.4) is 0 Å². The molecule has 0 aliphatic heterocycles. The predicted octanol–water partition coefficient (Wildman–Crippen LogP) is 3.18. The topological polar surface area (TPSA) is 43.4 Å². The second kappa shape index (κ2) is 5.71. The van der Waals surface area contributed by atoms with Crippen LogP contribution in [0.15, 0.2) is 72.1 Å². The molecule has 0 aliphatic carbocycles. The summed E-state index contributed by atoms with van der Waals surface area (Å²) in [6.07, 6.45) is 2.26. The Morgan fingerprint density at radius 2 is 1.63 bits per heavy atom. The molecule has 0 saturated heterocycles. The van der Waals surface area contributed by atoms with Crippen LogP contribution >= 0.6 is 0 Å². The van der Waals surface area contributed by atoms with Gasteiger partial charge in [-0.1, -0.05) is 42.5 Å². The molecular formula is C15H14O3S. The molecule has 19 heavy (non-hydrogen) atoms. The zero-order chi connectivity index (χ0) is 13.7. The molecule has 0 aliphatic rings. The molecule has 0 fully saturated rings. The quantitative estimate of drug-likeness (QED) is 0.621. The van der Waals surface area contributed by atoms with E-state index in [0.29, 0.717) is 12.2 Å². The van der Waals surface area contributed by atoms with Crippen molar-refractivity contribution in [1.29, 1.82) is 0 Å². The van der Waals surface area contributed by atoms with E-state index in [4.69, 9.17) is 4.18 Å². The summed E-state index contributed by atoms with van der Waals surface area (Å²) in [7, 11) is -3.79. The van der Waals surface area contributed by atoms with E-state index >= 15 is 0 Å². The highest BCUT2D eigenvalue weighted by atomic mass is 32.2. The van der Waals surface area contributed by atoms with E-state index in [0.717, 1.165) is 5.56 Å². The Kier molecular flexibility index (Phi) is 4.02. The van der Waals surface area contributed by atoms with Crippen molar-refractivity contribution >= 4 is 10.1 Å². The number of rotatable bonds is 5. The second-order valence-corrected chi connectivity index (χ2v) is 5.50. The maximum absolute atomic E-state index is 12.1. The molecule has 0 bridgehead atoms. The Hall–Kier alpha value is -2.07. The minimum atomic E-state index is -3.79. The van der Waals surface area contributed by atoms with Crippen LogP contribution in [0.2, 0.25) is 0 Å². The number of allylic oxidation sites excluding steroid dienone is 1. The van der Waals surface area contributed by atoms with Crippen LogP contribution in [0, 0.1) is 0 Å². The lowest BCUT2D eigenvalue weighted by Crippen LogP contribution is -2.10. The molecule has 0 unspecified atom stereocenters. The van der Waals surface area contributed by atoms with Gasteiger partial charge in [-0.25, -0.2) is 0 Å². The largest absolute Gasteiger partial charge is 0.379 e. The molecule has 0 atom stereocenters. The Morgan fingerprint density at radius 3 is 2.32 bits per heavy atom. The molecule has 0 spiro atoms. The fraction of sp³-hybridized carbons (Fsp3) is 0.0667. The summed E-state index contributed by atoms with van der Waals surface area (Å²) in [5, 5.41) is 0. The third-order valence-corrected chi connectivity index (χ3v) is 3.82. The van der Waals surface area contributed by atoms with Crippen LogP contribution in [-0.2, 0) is 16.5 Å². The number of para-hydroxylation sites is 1. The summed E-state index contributed by atoms with van der Waals surface area (Å²) < 4.78 is 29.4. The summed E-state index contributed by atoms with van der Waals surface area (Å²) in [4.78, 5) is 0.142. The van der Waals surface area contributed by atoms with Gasteiger partial charge < -0.3 is 4.18 Å². The van der Waals surface area contributed by atoms with Crippen molar-refractivity contribution in [3.05, 3.63) is 72.8 Å². The first-order valence-electron chi connectivity index (χ1n) is 5.82. The molecule has 2 aromatic rings. The maximum Gasteiger partial charge on any atom is 0.339 e. The van der Waals surface area contributed by atoms with Gasteiger partial charge in [-0.05, 0) is 30.2 Å². The van der Waals surface area contributed by atoms with Gasteiger partial charge in [0.05, 0.1) is 0 Å². The van der Waals surface area contributed by atoms with Gasteiger partial charge in [0.1, 0.15) is 10.6 Å². The van der Waals surface area contributed by atoms with Crippen molar-refractivity contribution in [2.24, 2.45) is 0 Å². The van der Waals surface area contributed by atoms with Gasteiger partial charge in [0, 0.05) is 0 Å². The summed E-state index contributed by atoms with van der Waals surface area (Å²) in [6.45, 7) is 3.65. The third kappa shape index (κ3) is 3.23. The average molecular weight is 274 g/mol. The number of hydrogen-bond acceptors (Lipinski definition) is 3. The smallest absolute Gasteiger partial charge is 0.339 e. The molecule has 0 aromatic heterocycles.